The zero-order chi connectivity index (χ0) is 12.6. The van der Waals surface area contributed by atoms with Crippen LogP contribution < -0.4 is 0 Å². The number of Topliss-reactive ketones (excluding diaryl/α,β-unsaturated/α-hetero) is 1. The molecular weight excluding hydrogens is 212 g/mol. The maximum Gasteiger partial charge on any atom is 0.135 e. The molecule has 0 unspecified atom stereocenters. The molecule has 0 amide bonds. The molecule has 2 nitrogen and oxygen atoms in total. The molecule has 2 aliphatic rings. The first-order valence-electron chi connectivity index (χ1n) is 7.13. The van der Waals surface area contributed by atoms with Crippen LogP contribution in [0.1, 0.15) is 59.8 Å². The molecule has 1 aliphatic carbocycles. The van der Waals surface area contributed by atoms with Crippen LogP contribution in [0.3, 0.4) is 0 Å². The van der Waals surface area contributed by atoms with Crippen molar-refractivity contribution in [3.8, 4) is 0 Å². The second-order valence-corrected chi connectivity index (χ2v) is 6.60. The molecule has 4 atom stereocenters. The zero-order valence-corrected chi connectivity index (χ0v) is 11.7. The van der Waals surface area contributed by atoms with E-state index in [0.717, 1.165) is 18.8 Å². The lowest BCUT2D eigenvalue weighted by atomic mass is 9.80. The number of fused-ring (bicyclic) bond motifs is 1. The third-order valence-corrected chi connectivity index (χ3v) is 4.88. The summed E-state index contributed by atoms with van der Waals surface area (Å²) in [5.41, 5.74) is 0.0138. The average molecular weight is 238 g/mol. The monoisotopic (exact) mass is 238 g/mol. The molecule has 2 rings (SSSR count). The van der Waals surface area contributed by atoms with E-state index in [1.165, 1.54) is 12.8 Å². The molecule has 0 aromatic heterocycles. The fourth-order valence-corrected chi connectivity index (χ4v) is 3.05. The van der Waals surface area contributed by atoms with E-state index in [1.54, 1.807) is 0 Å². The number of hydrogen-bond donors (Lipinski definition) is 0. The fraction of sp³-hybridized carbons (Fsp3) is 0.933. The Morgan fingerprint density at radius 2 is 2.06 bits per heavy atom. The summed E-state index contributed by atoms with van der Waals surface area (Å²) in [4.78, 5) is 12.0. The van der Waals surface area contributed by atoms with Gasteiger partial charge in [0.05, 0.1) is 11.7 Å². The largest absolute Gasteiger partial charge is 0.366 e. The number of hydrogen-bond acceptors (Lipinski definition) is 2. The van der Waals surface area contributed by atoms with Crippen LogP contribution in [0.4, 0.5) is 0 Å². The number of carbonyl (C=O) groups is 1. The molecule has 0 spiro atoms. The lowest BCUT2D eigenvalue weighted by Gasteiger charge is -2.23. The number of ether oxygens (including phenoxy) is 1. The molecule has 1 saturated heterocycles. The van der Waals surface area contributed by atoms with Crippen LogP contribution in [-0.4, -0.2) is 17.5 Å². The SMILES string of the molecule is CC(C)[C@@H]1CC[C@@H](C)C(=O)CC[C@]2(C)O[C@H]2C1. The van der Waals surface area contributed by atoms with Gasteiger partial charge in [0.15, 0.2) is 0 Å². The topological polar surface area (TPSA) is 29.6 Å². The Labute approximate surface area is 105 Å². The molecule has 0 bridgehead atoms. The zero-order valence-electron chi connectivity index (χ0n) is 11.7. The first kappa shape index (κ1) is 13.1. The van der Waals surface area contributed by atoms with Crippen LogP contribution >= 0.6 is 0 Å². The van der Waals surface area contributed by atoms with E-state index in [1.807, 2.05) is 0 Å². The van der Waals surface area contributed by atoms with Gasteiger partial charge in [0.2, 0.25) is 0 Å². The molecule has 1 saturated carbocycles. The Hall–Kier alpha value is -0.370. The van der Waals surface area contributed by atoms with Gasteiger partial charge in [0.25, 0.3) is 0 Å². The van der Waals surface area contributed by atoms with Gasteiger partial charge >= 0.3 is 0 Å². The van der Waals surface area contributed by atoms with Crippen molar-refractivity contribution in [3.05, 3.63) is 0 Å². The van der Waals surface area contributed by atoms with Crippen molar-refractivity contribution in [2.75, 3.05) is 0 Å². The van der Waals surface area contributed by atoms with Gasteiger partial charge in [-0.25, -0.2) is 0 Å². The molecule has 0 N–H and O–H groups in total. The highest BCUT2D eigenvalue weighted by molar-refractivity contribution is 5.80. The van der Waals surface area contributed by atoms with Gasteiger partial charge in [0.1, 0.15) is 5.78 Å². The molecule has 0 radical (unpaired) electrons. The molecule has 0 aromatic carbocycles. The summed E-state index contributed by atoms with van der Waals surface area (Å²) in [5, 5.41) is 0. The van der Waals surface area contributed by atoms with Crippen molar-refractivity contribution < 1.29 is 9.53 Å². The van der Waals surface area contributed by atoms with Crippen molar-refractivity contribution in [1.29, 1.82) is 0 Å². The smallest absolute Gasteiger partial charge is 0.135 e. The highest BCUT2D eigenvalue weighted by atomic mass is 16.6. The number of epoxide rings is 1. The average Bonchev–Trinajstić information content (AvgIpc) is 2.91. The summed E-state index contributed by atoms with van der Waals surface area (Å²) in [6.45, 7) is 8.86. The summed E-state index contributed by atoms with van der Waals surface area (Å²) in [6, 6.07) is 0. The first-order chi connectivity index (χ1) is 7.92. The van der Waals surface area contributed by atoms with Crippen molar-refractivity contribution >= 4 is 5.78 Å². The molecule has 1 heterocycles. The Morgan fingerprint density at radius 3 is 2.71 bits per heavy atom. The van der Waals surface area contributed by atoms with E-state index >= 15 is 0 Å². The molecule has 98 valence electrons. The van der Waals surface area contributed by atoms with Crippen LogP contribution in [0.2, 0.25) is 0 Å². The maximum absolute atomic E-state index is 12.0. The van der Waals surface area contributed by atoms with Crippen molar-refractivity contribution in [2.45, 2.75) is 71.5 Å². The van der Waals surface area contributed by atoms with E-state index in [4.69, 9.17) is 4.74 Å². The van der Waals surface area contributed by atoms with Gasteiger partial charge in [0, 0.05) is 12.3 Å². The Bertz CT molecular complexity index is 297. The van der Waals surface area contributed by atoms with E-state index < -0.39 is 0 Å². The van der Waals surface area contributed by atoms with E-state index in [-0.39, 0.29) is 11.5 Å². The summed E-state index contributed by atoms with van der Waals surface area (Å²) >= 11 is 0. The van der Waals surface area contributed by atoms with Gasteiger partial charge in [-0.15, -0.1) is 0 Å². The van der Waals surface area contributed by atoms with Crippen LogP contribution in [-0.2, 0) is 9.53 Å². The minimum Gasteiger partial charge on any atom is -0.366 e. The van der Waals surface area contributed by atoms with Crippen LogP contribution in [0.5, 0.6) is 0 Å². The second-order valence-electron chi connectivity index (χ2n) is 6.60. The van der Waals surface area contributed by atoms with Gasteiger partial charge in [-0.2, -0.15) is 0 Å². The standard InChI is InChI=1S/C15H26O2/c1-10(2)12-6-5-11(3)13(16)7-8-15(4)14(9-12)17-15/h10-12,14H,5-9H2,1-4H3/t11-,12-,14+,15+/m1/s1. The van der Waals surface area contributed by atoms with Crippen molar-refractivity contribution in [2.24, 2.45) is 17.8 Å². The molecule has 17 heavy (non-hydrogen) atoms. The van der Waals surface area contributed by atoms with Gasteiger partial charge in [-0.3, -0.25) is 4.79 Å². The van der Waals surface area contributed by atoms with Gasteiger partial charge < -0.3 is 4.74 Å². The van der Waals surface area contributed by atoms with E-state index in [0.29, 0.717) is 24.2 Å². The molecule has 1 aliphatic heterocycles. The maximum atomic E-state index is 12.0. The van der Waals surface area contributed by atoms with Crippen LogP contribution in [0.15, 0.2) is 0 Å². The summed E-state index contributed by atoms with van der Waals surface area (Å²) in [5.74, 6) is 2.10. The third-order valence-electron chi connectivity index (χ3n) is 4.88. The van der Waals surface area contributed by atoms with Gasteiger partial charge in [-0.05, 0) is 44.4 Å². The molecule has 2 heteroatoms. The van der Waals surface area contributed by atoms with Gasteiger partial charge in [-0.1, -0.05) is 20.8 Å². The van der Waals surface area contributed by atoms with Crippen LogP contribution in [0.25, 0.3) is 0 Å². The number of carbonyl (C=O) groups excluding carboxylic acids is 1. The minimum absolute atomic E-state index is 0.0138. The highest BCUT2D eigenvalue weighted by Crippen LogP contribution is 2.46. The normalized spacial score (nSPS) is 43.4. The third kappa shape index (κ3) is 2.90. The summed E-state index contributed by atoms with van der Waals surface area (Å²) < 4.78 is 5.85. The minimum atomic E-state index is 0.0138. The first-order valence-corrected chi connectivity index (χ1v) is 7.13. The van der Waals surface area contributed by atoms with Crippen LogP contribution in [0, 0.1) is 17.8 Å². The van der Waals surface area contributed by atoms with E-state index in [2.05, 4.69) is 27.7 Å². The Morgan fingerprint density at radius 1 is 1.35 bits per heavy atom. The Balaban J connectivity index is 2.04. The summed E-state index contributed by atoms with van der Waals surface area (Å²) in [6.07, 6.45) is 5.48. The highest BCUT2D eigenvalue weighted by Gasteiger charge is 2.52. The molecule has 0 aromatic rings. The second kappa shape index (κ2) is 4.72. The lowest BCUT2D eigenvalue weighted by Crippen LogP contribution is -2.23. The lowest BCUT2D eigenvalue weighted by molar-refractivity contribution is -0.123. The predicted molar refractivity (Wildman–Crippen MR) is 68.9 cm³/mol. The summed E-state index contributed by atoms with van der Waals surface area (Å²) in [7, 11) is 0. The van der Waals surface area contributed by atoms with Crippen molar-refractivity contribution in [1.82, 2.24) is 0 Å². The fourth-order valence-electron chi connectivity index (χ4n) is 3.05. The van der Waals surface area contributed by atoms with E-state index in [9.17, 15) is 4.79 Å². The Kier molecular flexibility index (Phi) is 3.63. The van der Waals surface area contributed by atoms with Crippen molar-refractivity contribution in [3.63, 3.8) is 0 Å². The quantitative estimate of drug-likeness (QED) is 0.653. The molecular formula is C15H26O2. The molecule has 2 fully saturated rings. The number of rotatable bonds is 1. The predicted octanol–water partition coefficient (Wildman–Crippen LogP) is 3.59. The number of ketones is 1.